The van der Waals surface area contributed by atoms with Crippen LogP contribution in [-0.4, -0.2) is 42.9 Å². The van der Waals surface area contributed by atoms with E-state index < -0.39 is 5.60 Å². The van der Waals surface area contributed by atoms with E-state index in [2.05, 4.69) is 17.4 Å². The second kappa shape index (κ2) is 8.56. The lowest BCUT2D eigenvalue weighted by molar-refractivity contribution is 0.0285. The average molecular weight is 348 g/mol. The second-order valence-electron chi connectivity index (χ2n) is 7.90. The Kier molecular flexibility index (Phi) is 6.71. The molecule has 1 aliphatic rings. The molecule has 0 heterocycles. The summed E-state index contributed by atoms with van der Waals surface area (Å²) in [6.07, 6.45) is 4.60. The molecule has 1 amide bonds. The van der Waals surface area contributed by atoms with E-state index in [0.29, 0.717) is 18.7 Å². The molecule has 0 bridgehead atoms. The molecule has 1 N–H and O–H groups in total. The maximum Gasteiger partial charge on any atom is 0.410 e. The minimum atomic E-state index is -0.479. The Hall–Kier alpha value is -1.75. The smallest absolute Gasteiger partial charge is 0.410 e. The number of carbonyl (C=O) groups is 1. The molecule has 1 aromatic rings. The molecule has 1 aromatic carbocycles. The lowest BCUT2D eigenvalue weighted by Gasteiger charge is -2.29. The summed E-state index contributed by atoms with van der Waals surface area (Å²) in [5, 5.41) is 3.61. The van der Waals surface area contributed by atoms with Crippen LogP contribution in [0.5, 0.6) is 0 Å². The van der Waals surface area contributed by atoms with Crippen LogP contribution in [0.2, 0.25) is 0 Å². The van der Waals surface area contributed by atoms with E-state index in [0.717, 1.165) is 24.1 Å². The number of methoxy groups -OCH3 is 1. The molecule has 2 unspecified atom stereocenters. The number of ether oxygens (including phenoxy) is 2. The number of amides is 1. The summed E-state index contributed by atoms with van der Waals surface area (Å²) in [4.78, 5) is 13.7. The molecule has 140 valence electrons. The van der Waals surface area contributed by atoms with Crippen LogP contribution in [0.3, 0.4) is 0 Å². The number of benzene rings is 1. The first-order chi connectivity index (χ1) is 11.8. The van der Waals surface area contributed by atoms with Crippen molar-refractivity contribution in [2.45, 2.75) is 70.7 Å². The summed E-state index contributed by atoms with van der Waals surface area (Å²) in [6, 6.07) is 8.68. The number of nitrogens with one attached hydrogen (secondary N) is 1. The van der Waals surface area contributed by atoms with Crippen LogP contribution >= 0.6 is 0 Å². The first kappa shape index (κ1) is 19.6. The number of nitrogens with zero attached hydrogens (tertiary/aromatic N) is 1. The number of hydrogen-bond acceptors (Lipinski definition) is 4. The summed E-state index contributed by atoms with van der Waals surface area (Å²) in [5.74, 6) is 0. The highest BCUT2D eigenvalue weighted by atomic mass is 16.6. The highest BCUT2D eigenvalue weighted by Gasteiger charge is 2.22. The van der Waals surface area contributed by atoms with Gasteiger partial charge in [-0.3, -0.25) is 0 Å². The number of hydrogen-bond donors (Lipinski definition) is 1. The van der Waals surface area contributed by atoms with Crippen LogP contribution in [0, 0.1) is 0 Å². The summed E-state index contributed by atoms with van der Waals surface area (Å²) in [5.41, 5.74) is 1.70. The Morgan fingerprint density at radius 1 is 1.32 bits per heavy atom. The zero-order valence-electron chi connectivity index (χ0n) is 16.2. The molecule has 1 fully saturated rings. The van der Waals surface area contributed by atoms with Crippen molar-refractivity contribution in [3.8, 4) is 0 Å². The van der Waals surface area contributed by atoms with Crippen molar-refractivity contribution in [3.05, 3.63) is 29.8 Å². The number of rotatable bonds is 5. The van der Waals surface area contributed by atoms with Crippen molar-refractivity contribution in [1.82, 2.24) is 4.90 Å². The molecular weight excluding hydrogens is 316 g/mol. The highest BCUT2D eigenvalue weighted by Crippen LogP contribution is 2.24. The van der Waals surface area contributed by atoms with Crippen molar-refractivity contribution in [1.29, 1.82) is 0 Å². The zero-order valence-corrected chi connectivity index (χ0v) is 16.2. The molecule has 5 nitrogen and oxygen atoms in total. The topological polar surface area (TPSA) is 50.8 Å². The van der Waals surface area contributed by atoms with Gasteiger partial charge in [-0.2, -0.15) is 0 Å². The maximum absolute atomic E-state index is 12.1. The molecule has 1 saturated carbocycles. The Morgan fingerprint density at radius 2 is 2.08 bits per heavy atom. The molecule has 0 aromatic heterocycles. The minimum Gasteiger partial charge on any atom is -0.444 e. The molecule has 2 atom stereocenters. The summed E-state index contributed by atoms with van der Waals surface area (Å²) in [7, 11) is 3.55. The third kappa shape index (κ3) is 6.58. The summed E-state index contributed by atoms with van der Waals surface area (Å²) in [6.45, 7) is 6.15. The van der Waals surface area contributed by atoms with Crippen LogP contribution in [0.15, 0.2) is 24.3 Å². The minimum absolute atomic E-state index is 0.305. The van der Waals surface area contributed by atoms with Gasteiger partial charge in [-0.05, 0) is 64.2 Å². The fourth-order valence-electron chi connectivity index (χ4n) is 3.16. The van der Waals surface area contributed by atoms with Gasteiger partial charge in [-0.1, -0.05) is 12.1 Å². The Bertz CT molecular complexity index is 568. The van der Waals surface area contributed by atoms with Gasteiger partial charge < -0.3 is 19.7 Å². The predicted octanol–water partition coefficient (Wildman–Crippen LogP) is 4.42. The van der Waals surface area contributed by atoms with Crippen molar-refractivity contribution in [2.24, 2.45) is 0 Å². The van der Waals surface area contributed by atoms with Crippen molar-refractivity contribution in [2.75, 3.05) is 19.5 Å². The Labute approximate surface area is 151 Å². The third-order valence-corrected chi connectivity index (χ3v) is 4.38. The molecule has 0 aliphatic heterocycles. The van der Waals surface area contributed by atoms with E-state index in [1.165, 1.54) is 12.8 Å². The van der Waals surface area contributed by atoms with E-state index in [9.17, 15) is 4.79 Å². The fourth-order valence-corrected chi connectivity index (χ4v) is 3.16. The number of carbonyl (C=O) groups excluding carboxylic acids is 1. The van der Waals surface area contributed by atoms with Gasteiger partial charge in [-0.15, -0.1) is 0 Å². The standard InChI is InChI=1S/C20H32N2O3/c1-20(2,3)25-19(23)22(4)14-15-8-6-9-16(12-15)21-17-10-7-11-18(13-17)24-5/h6,8-9,12,17-18,21H,7,10-11,13-14H2,1-5H3. The molecular formula is C20H32N2O3. The van der Waals surface area contributed by atoms with Gasteiger partial charge in [0, 0.05) is 32.4 Å². The van der Waals surface area contributed by atoms with Gasteiger partial charge in [0.05, 0.1) is 6.10 Å². The molecule has 25 heavy (non-hydrogen) atoms. The lowest BCUT2D eigenvalue weighted by Crippen LogP contribution is -2.33. The van der Waals surface area contributed by atoms with E-state index >= 15 is 0 Å². The second-order valence-corrected chi connectivity index (χ2v) is 7.90. The maximum atomic E-state index is 12.1. The number of anilines is 1. The van der Waals surface area contributed by atoms with Crippen molar-refractivity contribution >= 4 is 11.8 Å². The Balaban J connectivity index is 1.93. The van der Waals surface area contributed by atoms with Gasteiger partial charge in [0.1, 0.15) is 5.60 Å². The van der Waals surface area contributed by atoms with E-state index in [4.69, 9.17) is 9.47 Å². The van der Waals surface area contributed by atoms with Crippen LogP contribution < -0.4 is 5.32 Å². The molecule has 0 saturated heterocycles. The monoisotopic (exact) mass is 348 g/mol. The van der Waals surface area contributed by atoms with Gasteiger partial charge >= 0.3 is 6.09 Å². The first-order valence-corrected chi connectivity index (χ1v) is 9.09. The molecule has 1 aliphatic carbocycles. The normalized spacial score (nSPS) is 20.8. The van der Waals surface area contributed by atoms with Crippen LogP contribution in [0.1, 0.15) is 52.0 Å². The molecule has 5 heteroatoms. The van der Waals surface area contributed by atoms with Gasteiger partial charge in [0.2, 0.25) is 0 Å². The van der Waals surface area contributed by atoms with Crippen LogP contribution in [0.25, 0.3) is 0 Å². The molecule has 0 radical (unpaired) electrons. The van der Waals surface area contributed by atoms with E-state index in [1.54, 1.807) is 19.1 Å². The zero-order chi connectivity index (χ0) is 18.4. The fraction of sp³-hybridized carbons (Fsp3) is 0.650. The van der Waals surface area contributed by atoms with Gasteiger partial charge in [0.15, 0.2) is 0 Å². The summed E-state index contributed by atoms with van der Waals surface area (Å²) < 4.78 is 10.9. The molecule has 0 spiro atoms. The third-order valence-electron chi connectivity index (χ3n) is 4.38. The predicted molar refractivity (Wildman–Crippen MR) is 101 cm³/mol. The molecule has 2 rings (SSSR count). The Morgan fingerprint density at radius 3 is 2.76 bits per heavy atom. The summed E-state index contributed by atoms with van der Waals surface area (Å²) >= 11 is 0. The SMILES string of the molecule is COC1CCCC(Nc2cccc(CN(C)C(=O)OC(C)(C)C)c2)C1. The average Bonchev–Trinajstić information content (AvgIpc) is 2.53. The quantitative estimate of drug-likeness (QED) is 0.855. The largest absolute Gasteiger partial charge is 0.444 e. The van der Waals surface area contributed by atoms with Gasteiger partial charge in [-0.25, -0.2) is 4.79 Å². The van der Waals surface area contributed by atoms with E-state index in [1.807, 2.05) is 32.9 Å². The van der Waals surface area contributed by atoms with Crippen molar-refractivity contribution in [3.63, 3.8) is 0 Å². The van der Waals surface area contributed by atoms with Gasteiger partial charge in [0.25, 0.3) is 0 Å². The van der Waals surface area contributed by atoms with Crippen LogP contribution in [-0.2, 0) is 16.0 Å². The first-order valence-electron chi connectivity index (χ1n) is 9.09. The lowest BCUT2D eigenvalue weighted by atomic mass is 9.92. The van der Waals surface area contributed by atoms with Crippen LogP contribution in [0.4, 0.5) is 10.5 Å². The van der Waals surface area contributed by atoms with Crippen molar-refractivity contribution < 1.29 is 14.3 Å². The van der Waals surface area contributed by atoms with E-state index in [-0.39, 0.29) is 6.09 Å². The highest BCUT2D eigenvalue weighted by molar-refractivity contribution is 5.67.